The number of carbonyl (C=O) groups is 1. The van der Waals surface area contributed by atoms with Crippen molar-refractivity contribution in [1.29, 1.82) is 0 Å². The lowest BCUT2D eigenvalue weighted by atomic mass is 9.76. The molecule has 4 atom stereocenters. The van der Waals surface area contributed by atoms with Gasteiger partial charge in [-0.15, -0.1) is 0 Å². The smallest absolute Gasteiger partial charge is 0.311 e. The summed E-state index contributed by atoms with van der Waals surface area (Å²) in [7, 11) is 0. The first-order chi connectivity index (χ1) is 9.08. The van der Waals surface area contributed by atoms with E-state index >= 15 is 0 Å². The number of carboxylic acids is 1. The maximum atomic E-state index is 11.8. The van der Waals surface area contributed by atoms with Crippen LogP contribution in [0.2, 0.25) is 10.0 Å². The molecule has 2 aliphatic carbocycles. The van der Waals surface area contributed by atoms with Gasteiger partial charge in [0.05, 0.1) is 5.92 Å². The predicted molar refractivity (Wildman–Crippen MR) is 75.8 cm³/mol. The first-order valence-corrected chi connectivity index (χ1v) is 7.50. The van der Waals surface area contributed by atoms with Crippen molar-refractivity contribution < 1.29 is 9.90 Å². The van der Waals surface area contributed by atoms with Crippen molar-refractivity contribution in [3.63, 3.8) is 0 Å². The van der Waals surface area contributed by atoms with Gasteiger partial charge in [0.2, 0.25) is 0 Å². The van der Waals surface area contributed by atoms with Crippen molar-refractivity contribution >= 4 is 29.2 Å². The molecule has 2 bridgehead atoms. The average molecular weight is 299 g/mol. The van der Waals surface area contributed by atoms with Crippen molar-refractivity contribution in [2.45, 2.75) is 31.6 Å². The number of hydrogen-bond acceptors (Lipinski definition) is 1. The summed E-state index contributed by atoms with van der Waals surface area (Å²) < 4.78 is 0. The van der Waals surface area contributed by atoms with E-state index in [9.17, 15) is 9.90 Å². The van der Waals surface area contributed by atoms with E-state index in [0.717, 1.165) is 12.8 Å². The first-order valence-electron chi connectivity index (χ1n) is 6.74. The molecule has 4 unspecified atom stereocenters. The second-order valence-electron chi connectivity index (χ2n) is 5.79. The van der Waals surface area contributed by atoms with Gasteiger partial charge in [-0.05, 0) is 49.1 Å². The van der Waals surface area contributed by atoms with Gasteiger partial charge >= 0.3 is 5.97 Å². The van der Waals surface area contributed by atoms with Gasteiger partial charge in [0, 0.05) is 15.6 Å². The van der Waals surface area contributed by atoms with E-state index < -0.39 is 11.9 Å². The van der Waals surface area contributed by atoms with Crippen LogP contribution in [0.15, 0.2) is 18.2 Å². The molecule has 0 radical (unpaired) electrons. The molecule has 0 aromatic heterocycles. The maximum absolute atomic E-state index is 11.8. The van der Waals surface area contributed by atoms with Crippen LogP contribution >= 0.6 is 23.2 Å². The number of aliphatic carboxylic acids is 1. The third-order valence-electron chi connectivity index (χ3n) is 4.80. The molecule has 3 rings (SSSR count). The second kappa shape index (κ2) is 4.99. The molecular formula is C15H16Cl2O2. The number of fused-ring (bicyclic) bond motifs is 2. The number of hydrogen-bond donors (Lipinski definition) is 1. The van der Waals surface area contributed by atoms with Crippen LogP contribution in [-0.2, 0) is 4.79 Å². The number of halogens is 2. The van der Waals surface area contributed by atoms with Crippen molar-refractivity contribution in [1.82, 2.24) is 0 Å². The SMILES string of the molecule is O=C(O)C(c1c(Cl)cccc1Cl)C1CC2CCC1C2. The van der Waals surface area contributed by atoms with Gasteiger partial charge in [0.1, 0.15) is 0 Å². The summed E-state index contributed by atoms with van der Waals surface area (Å²) in [4.78, 5) is 11.8. The summed E-state index contributed by atoms with van der Waals surface area (Å²) in [6.45, 7) is 0. The van der Waals surface area contributed by atoms with Crippen LogP contribution in [0, 0.1) is 17.8 Å². The van der Waals surface area contributed by atoms with E-state index in [1.165, 1.54) is 12.8 Å². The molecule has 102 valence electrons. The summed E-state index contributed by atoms with van der Waals surface area (Å²) in [5.41, 5.74) is 0.607. The van der Waals surface area contributed by atoms with Gasteiger partial charge in [0.25, 0.3) is 0 Å². The van der Waals surface area contributed by atoms with Gasteiger partial charge in [-0.2, -0.15) is 0 Å². The highest BCUT2D eigenvalue weighted by atomic mass is 35.5. The molecule has 4 heteroatoms. The molecule has 0 heterocycles. The largest absolute Gasteiger partial charge is 0.481 e. The van der Waals surface area contributed by atoms with Crippen molar-refractivity contribution in [2.75, 3.05) is 0 Å². The summed E-state index contributed by atoms with van der Waals surface area (Å²) in [6, 6.07) is 5.21. The number of benzene rings is 1. The molecule has 2 nitrogen and oxygen atoms in total. The van der Waals surface area contributed by atoms with E-state index in [4.69, 9.17) is 23.2 Å². The minimum atomic E-state index is -0.799. The van der Waals surface area contributed by atoms with E-state index in [1.54, 1.807) is 18.2 Å². The zero-order valence-electron chi connectivity index (χ0n) is 10.5. The van der Waals surface area contributed by atoms with Gasteiger partial charge in [0.15, 0.2) is 0 Å². The normalized spacial score (nSPS) is 30.5. The summed E-state index contributed by atoms with van der Waals surface area (Å²) in [6.07, 6.45) is 4.59. The zero-order chi connectivity index (χ0) is 13.6. The average Bonchev–Trinajstić information content (AvgIpc) is 2.95. The monoisotopic (exact) mass is 298 g/mol. The molecule has 2 fully saturated rings. The summed E-state index contributed by atoms with van der Waals surface area (Å²) in [5.74, 6) is 0.0641. The van der Waals surface area contributed by atoms with Crippen LogP contribution in [0.3, 0.4) is 0 Å². The Morgan fingerprint density at radius 2 is 1.89 bits per heavy atom. The molecule has 0 amide bonds. The molecule has 1 aromatic carbocycles. The molecule has 0 spiro atoms. The van der Waals surface area contributed by atoms with E-state index in [0.29, 0.717) is 27.4 Å². The Morgan fingerprint density at radius 1 is 1.21 bits per heavy atom. The van der Waals surface area contributed by atoms with Gasteiger partial charge in [-0.25, -0.2) is 0 Å². The fourth-order valence-electron chi connectivity index (χ4n) is 4.03. The summed E-state index contributed by atoms with van der Waals surface area (Å²) >= 11 is 12.4. The predicted octanol–water partition coefficient (Wildman–Crippen LogP) is 4.60. The molecular weight excluding hydrogens is 283 g/mol. The maximum Gasteiger partial charge on any atom is 0.311 e. The fourth-order valence-corrected chi connectivity index (χ4v) is 4.66. The first kappa shape index (κ1) is 13.3. The number of rotatable bonds is 3. The van der Waals surface area contributed by atoms with Gasteiger partial charge < -0.3 is 5.11 Å². The Balaban J connectivity index is 2.00. The molecule has 0 aliphatic heterocycles. The zero-order valence-corrected chi connectivity index (χ0v) is 12.0. The Kier molecular flexibility index (Phi) is 3.48. The van der Waals surface area contributed by atoms with Crippen LogP contribution in [-0.4, -0.2) is 11.1 Å². The van der Waals surface area contributed by atoms with Crippen molar-refractivity contribution in [3.05, 3.63) is 33.8 Å². The molecule has 1 aromatic rings. The lowest BCUT2D eigenvalue weighted by molar-refractivity contribution is -0.140. The van der Waals surface area contributed by atoms with Crippen molar-refractivity contribution in [2.24, 2.45) is 17.8 Å². The topological polar surface area (TPSA) is 37.3 Å². The van der Waals surface area contributed by atoms with Crippen LogP contribution in [0.25, 0.3) is 0 Å². The summed E-state index contributed by atoms with van der Waals surface area (Å²) in [5, 5.41) is 10.6. The highest BCUT2D eigenvalue weighted by Gasteiger charge is 2.46. The molecule has 0 saturated heterocycles. The molecule has 19 heavy (non-hydrogen) atoms. The highest BCUT2D eigenvalue weighted by molar-refractivity contribution is 6.36. The number of carboxylic acid groups (broad SMARTS) is 1. The lowest BCUT2D eigenvalue weighted by Gasteiger charge is -2.29. The Morgan fingerprint density at radius 3 is 2.37 bits per heavy atom. The fraction of sp³-hybridized carbons (Fsp3) is 0.533. The highest BCUT2D eigenvalue weighted by Crippen LogP contribution is 2.54. The minimum Gasteiger partial charge on any atom is -0.481 e. The Labute approximate surface area is 122 Å². The molecule has 2 aliphatic rings. The van der Waals surface area contributed by atoms with E-state index in [1.807, 2.05) is 0 Å². The quantitative estimate of drug-likeness (QED) is 0.885. The molecule has 1 N–H and O–H groups in total. The minimum absolute atomic E-state index is 0.189. The van der Waals surface area contributed by atoms with Crippen LogP contribution < -0.4 is 0 Å². The van der Waals surface area contributed by atoms with E-state index in [-0.39, 0.29) is 5.92 Å². The molecule has 2 saturated carbocycles. The lowest BCUT2D eigenvalue weighted by Crippen LogP contribution is -2.26. The van der Waals surface area contributed by atoms with Crippen LogP contribution in [0.5, 0.6) is 0 Å². The third-order valence-corrected chi connectivity index (χ3v) is 5.46. The van der Waals surface area contributed by atoms with Gasteiger partial charge in [-0.1, -0.05) is 35.7 Å². The van der Waals surface area contributed by atoms with Crippen LogP contribution in [0.4, 0.5) is 0 Å². The van der Waals surface area contributed by atoms with Crippen LogP contribution in [0.1, 0.15) is 37.2 Å². The second-order valence-corrected chi connectivity index (χ2v) is 6.60. The van der Waals surface area contributed by atoms with Crippen molar-refractivity contribution in [3.8, 4) is 0 Å². The Bertz CT molecular complexity index is 495. The Hall–Kier alpha value is -0.730. The van der Waals surface area contributed by atoms with E-state index in [2.05, 4.69) is 0 Å². The van der Waals surface area contributed by atoms with Gasteiger partial charge in [-0.3, -0.25) is 4.79 Å². The standard InChI is InChI=1S/C15H16Cl2O2/c16-11-2-1-3-12(17)14(11)13(15(18)19)10-7-8-4-5-9(10)6-8/h1-3,8-10,13H,4-7H2,(H,18,19). The third kappa shape index (κ3) is 2.25.